The van der Waals surface area contributed by atoms with Crippen molar-refractivity contribution in [3.63, 3.8) is 0 Å². The number of benzene rings is 2. The van der Waals surface area contributed by atoms with Crippen LogP contribution in [0.15, 0.2) is 47.4 Å². The van der Waals surface area contributed by atoms with Crippen LogP contribution < -0.4 is 16.0 Å². The number of anilines is 2. The quantitative estimate of drug-likeness (QED) is 0.477. The molecule has 2 aromatic rings. The van der Waals surface area contributed by atoms with Gasteiger partial charge in [0.15, 0.2) is 0 Å². The highest BCUT2D eigenvalue weighted by atomic mass is 35.5. The smallest absolute Gasteiger partial charge is 0.253 e. The number of hydrogen-bond acceptors (Lipinski definition) is 5. The van der Waals surface area contributed by atoms with Gasteiger partial charge in [-0.1, -0.05) is 30.7 Å². The summed E-state index contributed by atoms with van der Waals surface area (Å²) in [7, 11) is 0. The van der Waals surface area contributed by atoms with Crippen molar-refractivity contribution in [2.75, 3.05) is 22.9 Å². The van der Waals surface area contributed by atoms with E-state index in [-0.39, 0.29) is 23.9 Å². The number of nitrogens with one attached hydrogen (secondary N) is 3. The summed E-state index contributed by atoms with van der Waals surface area (Å²) < 4.78 is 0. The second-order valence-corrected chi connectivity index (χ2v) is 8.66. The Labute approximate surface area is 186 Å². The number of carbonyl (C=O) groups is 2. The second kappa shape index (κ2) is 10.9. The van der Waals surface area contributed by atoms with Gasteiger partial charge in [-0.15, -0.1) is 11.8 Å². The fourth-order valence-electron chi connectivity index (χ4n) is 2.45. The van der Waals surface area contributed by atoms with Gasteiger partial charge in [-0.05, 0) is 50.6 Å². The predicted octanol–water partition coefficient (Wildman–Crippen LogP) is 4.92. The molecule has 2 rings (SSSR count). The van der Waals surface area contributed by atoms with Crippen LogP contribution >= 0.6 is 23.4 Å². The van der Waals surface area contributed by atoms with Crippen LogP contribution in [0.1, 0.15) is 37.6 Å². The van der Waals surface area contributed by atoms with Gasteiger partial charge in [0, 0.05) is 16.1 Å². The van der Waals surface area contributed by atoms with Gasteiger partial charge in [0.2, 0.25) is 5.91 Å². The van der Waals surface area contributed by atoms with Gasteiger partial charge >= 0.3 is 0 Å². The van der Waals surface area contributed by atoms with Crippen molar-refractivity contribution >= 4 is 46.6 Å². The zero-order valence-corrected chi connectivity index (χ0v) is 18.8. The summed E-state index contributed by atoms with van der Waals surface area (Å²) in [6.07, 6.45) is 0.795. The van der Waals surface area contributed by atoms with Crippen LogP contribution in [-0.2, 0) is 4.79 Å². The number of nitrogens with zero attached hydrogens (tertiary/aromatic N) is 1. The Hall–Kier alpha value is -2.69. The molecule has 0 aromatic heterocycles. The third-order valence-electron chi connectivity index (χ3n) is 4.46. The Kier molecular flexibility index (Phi) is 8.58. The Morgan fingerprint density at radius 2 is 1.93 bits per heavy atom. The van der Waals surface area contributed by atoms with Gasteiger partial charge in [0.25, 0.3) is 5.91 Å². The number of halogens is 1. The predicted molar refractivity (Wildman–Crippen MR) is 123 cm³/mol. The average Bonchev–Trinajstić information content (AvgIpc) is 2.71. The van der Waals surface area contributed by atoms with Crippen LogP contribution in [0.2, 0.25) is 5.02 Å². The monoisotopic (exact) mass is 444 g/mol. The normalized spacial score (nSPS) is 10.8. The maximum Gasteiger partial charge on any atom is 0.253 e. The molecule has 2 amide bonds. The molecule has 0 aliphatic carbocycles. The Bertz CT molecular complexity index is 956. The molecule has 3 N–H and O–H groups in total. The number of para-hydroxylation sites is 1. The van der Waals surface area contributed by atoms with E-state index in [9.17, 15) is 9.59 Å². The molecule has 0 bridgehead atoms. The fraction of sp³-hybridized carbons (Fsp3) is 0.318. The largest absolute Gasteiger partial charge is 0.376 e. The highest BCUT2D eigenvalue weighted by molar-refractivity contribution is 7.99. The molecule has 0 unspecified atom stereocenters. The van der Waals surface area contributed by atoms with Crippen LogP contribution in [0.3, 0.4) is 0 Å². The van der Waals surface area contributed by atoms with E-state index >= 15 is 0 Å². The summed E-state index contributed by atoms with van der Waals surface area (Å²) in [4.78, 5) is 25.6. The molecule has 0 atom stereocenters. The third-order valence-corrected chi connectivity index (χ3v) is 5.71. The summed E-state index contributed by atoms with van der Waals surface area (Å²) in [6.45, 7) is 5.93. The maximum absolute atomic E-state index is 12.4. The zero-order valence-electron chi connectivity index (χ0n) is 17.2. The van der Waals surface area contributed by atoms with Crippen LogP contribution in [0.25, 0.3) is 0 Å². The minimum Gasteiger partial charge on any atom is -0.376 e. The first-order valence-corrected chi connectivity index (χ1v) is 10.9. The molecule has 0 saturated heterocycles. The number of nitriles is 1. The molecular formula is C22H25ClN4O2S. The van der Waals surface area contributed by atoms with Crippen LogP contribution in [0.4, 0.5) is 11.4 Å². The topological polar surface area (TPSA) is 94.0 Å². The Balaban J connectivity index is 1.97. The molecule has 0 fully saturated rings. The first kappa shape index (κ1) is 23.6. The van der Waals surface area contributed by atoms with Gasteiger partial charge in [-0.25, -0.2) is 0 Å². The fourth-order valence-corrected chi connectivity index (χ4v) is 3.39. The molecule has 0 saturated carbocycles. The zero-order chi connectivity index (χ0) is 22.1. The number of thioether (sulfide) groups is 1. The van der Waals surface area contributed by atoms with E-state index in [1.807, 2.05) is 39.0 Å². The van der Waals surface area contributed by atoms with Crippen LogP contribution in [-0.4, -0.2) is 29.7 Å². The lowest BCUT2D eigenvalue weighted by Crippen LogP contribution is -2.42. The van der Waals surface area contributed by atoms with Crippen molar-refractivity contribution in [2.45, 2.75) is 37.6 Å². The SMILES string of the molecule is CCC(C)(C)NC(=O)c1ccc(NCC(=O)Nc2ccccc2SCC#N)cc1Cl. The molecule has 30 heavy (non-hydrogen) atoms. The van der Waals surface area contributed by atoms with Gasteiger partial charge in [0.05, 0.1) is 34.6 Å². The number of carbonyl (C=O) groups excluding carboxylic acids is 2. The van der Waals surface area contributed by atoms with E-state index in [2.05, 4.69) is 22.0 Å². The van der Waals surface area contributed by atoms with Crippen molar-refractivity contribution < 1.29 is 9.59 Å². The van der Waals surface area contributed by atoms with Crippen molar-refractivity contribution in [3.8, 4) is 6.07 Å². The van der Waals surface area contributed by atoms with E-state index in [1.165, 1.54) is 11.8 Å². The van der Waals surface area contributed by atoms with Gasteiger partial charge in [-0.2, -0.15) is 5.26 Å². The van der Waals surface area contributed by atoms with E-state index < -0.39 is 0 Å². The van der Waals surface area contributed by atoms with Gasteiger partial charge in [-0.3, -0.25) is 9.59 Å². The van der Waals surface area contributed by atoms with E-state index in [1.54, 1.807) is 24.3 Å². The molecule has 0 radical (unpaired) electrons. The van der Waals surface area contributed by atoms with Gasteiger partial charge in [0.1, 0.15) is 0 Å². The first-order valence-electron chi connectivity index (χ1n) is 9.50. The molecule has 158 valence electrons. The molecule has 0 aliphatic heterocycles. The van der Waals surface area contributed by atoms with Crippen molar-refractivity contribution in [1.82, 2.24) is 5.32 Å². The van der Waals surface area contributed by atoms with E-state index in [0.29, 0.717) is 27.7 Å². The summed E-state index contributed by atoms with van der Waals surface area (Å²) in [5, 5.41) is 17.9. The standard InChI is InChI=1S/C22H25ClN4O2S/c1-4-22(2,3)27-21(29)16-10-9-15(13-17(16)23)25-14-20(28)26-18-7-5-6-8-19(18)30-12-11-24/h5-10,13,25H,4,12,14H2,1-3H3,(H,26,28)(H,27,29). The number of amides is 2. The highest BCUT2D eigenvalue weighted by Crippen LogP contribution is 2.26. The highest BCUT2D eigenvalue weighted by Gasteiger charge is 2.20. The average molecular weight is 445 g/mol. The first-order chi connectivity index (χ1) is 14.3. The number of rotatable bonds is 9. The lowest BCUT2D eigenvalue weighted by atomic mass is 10.0. The Morgan fingerprint density at radius 1 is 1.20 bits per heavy atom. The molecule has 2 aromatic carbocycles. The van der Waals surface area contributed by atoms with Crippen molar-refractivity contribution in [1.29, 1.82) is 5.26 Å². The minimum atomic E-state index is -0.322. The van der Waals surface area contributed by atoms with Crippen LogP contribution in [0, 0.1) is 11.3 Å². The van der Waals surface area contributed by atoms with E-state index in [0.717, 1.165) is 11.3 Å². The summed E-state index contributed by atoms with van der Waals surface area (Å²) in [6, 6.07) is 14.4. The molecular weight excluding hydrogens is 420 g/mol. The summed E-state index contributed by atoms with van der Waals surface area (Å²) in [5.74, 6) is -0.163. The van der Waals surface area contributed by atoms with Crippen molar-refractivity contribution in [3.05, 3.63) is 53.1 Å². The minimum absolute atomic E-state index is 0.0298. The van der Waals surface area contributed by atoms with Gasteiger partial charge < -0.3 is 16.0 Å². The van der Waals surface area contributed by atoms with Crippen LogP contribution in [0.5, 0.6) is 0 Å². The van der Waals surface area contributed by atoms with Crippen molar-refractivity contribution in [2.24, 2.45) is 0 Å². The second-order valence-electron chi connectivity index (χ2n) is 7.23. The molecule has 6 nitrogen and oxygen atoms in total. The molecule has 0 heterocycles. The molecule has 8 heteroatoms. The lowest BCUT2D eigenvalue weighted by molar-refractivity contribution is -0.114. The molecule has 0 spiro atoms. The lowest BCUT2D eigenvalue weighted by Gasteiger charge is -2.24. The molecule has 0 aliphatic rings. The summed E-state index contributed by atoms with van der Waals surface area (Å²) >= 11 is 7.64. The third kappa shape index (κ3) is 6.97. The van der Waals surface area contributed by atoms with E-state index in [4.69, 9.17) is 16.9 Å². The number of hydrogen-bond donors (Lipinski definition) is 3. The maximum atomic E-state index is 12.4. The Morgan fingerprint density at radius 3 is 2.60 bits per heavy atom. The summed E-state index contributed by atoms with van der Waals surface area (Å²) in [5.41, 5.74) is 1.36.